The molecule has 0 radical (unpaired) electrons. The molecule has 1 aromatic rings. The second-order valence-corrected chi connectivity index (χ2v) is 8.10. The monoisotopic (exact) mass is 388 g/mol. The molecule has 0 unspecified atom stereocenters. The largest absolute Gasteiger partial charge is 0.497 e. The van der Waals surface area contributed by atoms with Gasteiger partial charge in [0.1, 0.15) is 11.5 Å². The van der Waals surface area contributed by atoms with Gasteiger partial charge in [-0.3, -0.25) is 9.59 Å². The first kappa shape index (κ1) is 20.5. The minimum Gasteiger partial charge on any atom is -0.497 e. The van der Waals surface area contributed by atoms with Crippen molar-refractivity contribution in [1.29, 1.82) is 0 Å². The zero-order valence-corrected chi connectivity index (χ0v) is 17.4. The van der Waals surface area contributed by atoms with Gasteiger partial charge >= 0.3 is 0 Å². The standard InChI is InChI=1S/C22H32N2O4/c1-15(2)21(25)24-13-18(17-12-16(27-3)8-9-20(17)28-4)19(14-24)22(26)23-10-6-5-7-11-23/h8-9,12,15,18-19H,5-7,10-11,13-14H2,1-4H3/t18-,19+/m1/s1. The first-order chi connectivity index (χ1) is 13.5. The van der Waals surface area contributed by atoms with Crippen LogP contribution in [0.3, 0.4) is 0 Å². The molecule has 0 aliphatic carbocycles. The quantitative estimate of drug-likeness (QED) is 0.778. The van der Waals surface area contributed by atoms with Crippen molar-refractivity contribution in [1.82, 2.24) is 9.80 Å². The lowest BCUT2D eigenvalue weighted by Gasteiger charge is -2.31. The fourth-order valence-electron chi connectivity index (χ4n) is 4.39. The lowest BCUT2D eigenvalue weighted by atomic mass is 9.86. The van der Waals surface area contributed by atoms with Crippen molar-refractivity contribution in [3.05, 3.63) is 23.8 Å². The molecule has 3 rings (SSSR count). The number of benzene rings is 1. The summed E-state index contributed by atoms with van der Waals surface area (Å²) in [6, 6.07) is 5.68. The molecule has 0 saturated carbocycles. The Balaban J connectivity index is 1.95. The second kappa shape index (κ2) is 8.84. The molecule has 2 amide bonds. The van der Waals surface area contributed by atoms with Gasteiger partial charge in [0, 0.05) is 43.6 Å². The SMILES string of the molecule is COc1ccc(OC)c([C@H]2CN(C(=O)C(C)C)C[C@@H]2C(=O)N2CCCCC2)c1. The number of piperidine rings is 1. The molecule has 2 heterocycles. The van der Waals surface area contributed by atoms with E-state index in [9.17, 15) is 9.59 Å². The normalized spacial score (nSPS) is 22.5. The predicted molar refractivity (Wildman–Crippen MR) is 108 cm³/mol. The van der Waals surface area contributed by atoms with E-state index in [-0.39, 0.29) is 29.6 Å². The number of methoxy groups -OCH3 is 2. The highest BCUT2D eigenvalue weighted by atomic mass is 16.5. The molecule has 154 valence electrons. The van der Waals surface area contributed by atoms with E-state index in [0.717, 1.165) is 43.0 Å². The van der Waals surface area contributed by atoms with Crippen LogP contribution >= 0.6 is 0 Å². The van der Waals surface area contributed by atoms with Crippen LogP contribution in [0.5, 0.6) is 11.5 Å². The van der Waals surface area contributed by atoms with Gasteiger partial charge in [-0.1, -0.05) is 13.8 Å². The van der Waals surface area contributed by atoms with E-state index in [2.05, 4.69) is 0 Å². The summed E-state index contributed by atoms with van der Waals surface area (Å²) < 4.78 is 11.0. The number of amides is 2. The molecular weight excluding hydrogens is 356 g/mol. The van der Waals surface area contributed by atoms with Crippen LogP contribution in [0, 0.1) is 11.8 Å². The van der Waals surface area contributed by atoms with Crippen LogP contribution in [0.2, 0.25) is 0 Å². The van der Waals surface area contributed by atoms with Crippen LogP contribution in [0.25, 0.3) is 0 Å². The van der Waals surface area contributed by atoms with E-state index < -0.39 is 0 Å². The minimum absolute atomic E-state index is 0.0864. The van der Waals surface area contributed by atoms with Gasteiger partial charge in [0.25, 0.3) is 0 Å². The second-order valence-electron chi connectivity index (χ2n) is 8.10. The predicted octanol–water partition coefficient (Wildman–Crippen LogP) is 2.91. The molecule has 0 spiro atoms. The molecule has 2 atom stereocenters. The van der Waals surface area contributed by atoms with Crippen LogP contribution in [0.1, 0.15) is 44.6 Å². The van der Waals surface area contributed by atoms with Crippen molar-refractivity contribution in [3.8, 4) is 11.5 Å². The summed E-state index contributed by atoms with van der Waals surface area (Å²) in [4.78, 5) is 29.9. The smallest absolute Gasteiger partial charge is 0.228 e. The summed E-state index contributed by atoms with van der Waals surface area (Å²) in [6.45, 7) is 6.44. The highest BCUT2D eigenvalue weighted by Gasteiger charge is 2.43. The lowest BCUT2D eigenvalue weighted by molar-refractivity contribution is -0.137. The fraction of sp³-hybridized carbons (Fsp3) is 0.636. The van der Waals surface area contributed by atoms with Crippen molar-refractivity contribution in [3.63, 3.8) is 0 Å². The molecule has 2 fully saturated rings. The molecule has 28 heavy (non-hydrogen) atoms. The number of hydrogen-bond acceptors (Lipinski definition) is 4. The Morgan fingerprint density at radius 3 is 2.32 bits per heavy atom. The van der Waals surface area contributed by atoms with Gasteiger partial charge in [0.2, 0.25) is 11.8 Å². The van der Waals surface area contributed by atoms with Crippen LogP contribution in [0.15, 0.2) is 18.2 Å². The number of hydrogen-bond donors (Lipinski definition) is 0. The van der Waals surface area contributed by atoms with Crippen molar-refractivity contribution in [2.75, 3.05) is 40.4 Å². The first-order valence-corrected chi connectivity index (χ1v) is 10.3. The molecule has 6 heteroatoms. The summed E-state index contributed by atoms with van der Waals surface area (Å²) in [5.74, 6) is 1.30. The van der Waals surface area contributed by atoms with Crippen LogP contribution < -0.4 is 9.47 Å². The zero-order chi connectivity index (χ0) is 20.3. The number of ether oxygens (including phenoxy) is 2. The summed E-state index contributed by atoms with van der Waals surface area (Å²) >= 11 is 0. The average molecular weight is 389 g/mol. The molecule has 0 N–H and O–H groups in total. The first-order valence-electron chi connectivity index (χ1n) is 10.3. The zero-order valence-electron chi connectivity index (χ0n) is 17.4. The van der Waals surface area contributed by atoms with Gasteiger partial charge in [0.15, 0.2) is 0 Å². The van der Waals surface area contributed by atoms with E-state index in [1.807, 2.05) is 41.8 Å². The Bertz CT molecular complexity index is 712. The maximum Gasteiger partial charge on any atom is 0.228 e. The summed E-state index contributed by atoms with van der Waals surface area (Å²) in [7, 11) is 3.27. The van der Waals surface area contributed by atoms with Crippen molar-refractivity contribution < 1.29 is 19.1 Å². The van der Waals surface area contributed by atoms with Crippen molar-refractivity contribution in [2.45, 2.75) is 39.0 Å². The minimum atomic E-state index is -0.248. The van der Waals surface area contributed by atoms with Crippen LogP contribution in [-0.4, -0.2) is 62.0 Å². The number of carbonyl (C=O) groups is 2. The molecule has 2 aliphatic heterocycles. The maximum atomic E-state index is 13.4. The van der Waals surface area contributed by atoms with E-state index >= 15 is 0 Å². The topological polar surface area (TPSA) is 59.1 Å². The Labute approximate surface area is 167 Å². The molecule has 0 aromatic heterocycles. The summed E-state index contributed by atoms with van der Waals surface area (Å²) in [6.07, 6.45) is 3.29. The summed E-state index contributed by atoms with van der Waals surface area (Å²) in [5, 5.41) is 0. The van der Waals surface area contributed by atoms with E-state index in [4.69, 9.17) is 9.47 Å². The van der Waals surface area contributed by atoms with Crippen LogP contribution in [-0.2, 0) is 9.59 Å². The Hall–Kier alpha value is -2.24. The Morgan fingerprint density at radius 2 is 1.71 bits per heavy atom. The molecule has 0 bridgehead atoms. The fourth-order valence-corrected chi connectivity index (χ4v) is 4.39. The van der Waals surface area contributed by atoms with Gasteiger partial charge in [-0.2, -0.15) is 0 Å². The maximum absolute atomic E-state index is 13.4. The molecule has 2 saturated heterocycles. The van der Waals surface area contributed by atoms with E-state index in [1.54, 1.807) is 14.2 Å². The number of nitrogens with zero attached hydrogens (tertiary/aromatic N) is 2. The summed E-state index contributed by atoms with van der Waals surface area (Å²) in [5.41, 5.74) is 0.941. The van der Waals surface area contributed by atoms with Gasteiger partial charge in [-0.15, -0.1) is 0 Å². The Morgan fingerprint density at radius 1 is 1.00 bits per heavy atom. The van der Waals surface area contributed by atoms with Gasteiger partial charge in [-0.25, -0.2) is 0 Å². The van der Waals surface area contributed by atoms with Gasteiger partial charge < -0.3 is 19.3 Å². The lowest BCUT2D eigenvalue weighted by Crippen LogP contribution is -2.42. The van der Waals surface area contributed by atoms with E-state index in [0.29, 0.717) is 13.1 Å². The third-order valence-electron chi connectivity index (χ3n) is 5.95. The van der Waals surface area contributed by atoms with Crippen molar-refractivity contribution in [2.24, 2.45) is 11.8 Å². The molecule has 6 nitrogen and oxygen atoms in total. The van der Waals surface area contributed by atoms with E-state index in [1.165, 1.54) is 6.42 Å². The average Bonchev–Trinajstić information content (AvgIpc) is 3.17. The number of carbonyl (C=O) groups excluding carboxylic acids is 2. The van der Waals surface area contributed by atoms with Crippen LogP contribution in [0.4, 0.5) is 0 Å². The Kier molecular flexibility index (Phi) is 6.47. The number of likely N-dealkylation sites (tertiary alicyclic amines) is 2. The van der Waals surface area contributed by atoms with Gasteiger partial charge in [0.05, 0.1) is 20.1 Å². The number of rotatable bonds is 5. The molecule has 2 aliphatic rings. The third kappa shape index (κ3) is 4.10. The molecular formula is C22H32N2O4. The highest BCUT2D eigenvalue weighted by molar-refractivity contribution is 5.84. The van der Waals surface area contributed by atoms with Crippen molar-refractivity contribution >= 4 is 11.8 Å². The molecule has 1 aromatic carbocycles. The third-order valence-corrected chi connectivity index (χ3v) is 5.95. The highest BCUT2D eigenvalue weighted by Crippen LogP contribution is 2.40. The van der Waals surface area contributed by atoms with Gasteiger partial charge in [-0.05, 0) is 37.5 Å².